The first kappa shape index (κ1) is 19.0. The van der Waals surface area contributed by atoms with E-state index in [-0.39, 0.29) is 24.8 Å². The molecular formula is C14H28Cl2N4O. The van der Waals surface area contributed by atoms with Crippen molar-refractivity contribution in [1.82, 2.24) is 20.0 Å². The van der Waals surface area contributed by atoms with Crippen molar-refractivity contribution in [2.75, 3.05) is 58.9 Å². The Hall–Kier alpha value is -0.0700. The van der Waals surface area contributed by atoms with Crippen molar-refractivity contribution >= 4 is 30.7 Å². The number of nitrogens with one attached hydrogen (secondary N) is 1. The highest BCUT2D eigenvalue weighted by Crippen LogP contribution is 2.27. The first-order valence-electron chi connectivity index (χ1n) is 7.78. The molecule has 1 aliphatic carbocycles. The Morgan fingerprint density at radius 3 is 2.14 bits per heavy atom. The first-order valence-corrected chi connectivity index (χ1v) is 7.78. The Kier molecular flexibility index (Phi) is 8.27. The van der Waals surface area contributed by atoms with Gasteiger partial charge in [0.05, 0.1) is 0 Å². The third-order valence-corrected chi connectivity index (χ3v) is 4.58. The summed E-state index contributed by atoms with van der Waals surface area (Å²) in [4.78, 5) is 19.2. The van der Waals surface area contributed by atoms with Crippen molar-refractivity contribution < 1.29 is 4.79 Å². The van der Waals surface area contributed by atoms with Crippen LogP contribution in [-0.4, -0.2) is 85.6 Å². The van der Waals surface area contributed by atoms with Crippen molar-refractivity contribution in [3.63, 3.8) is 0 Å². The van der Waals surface area contributed by atoms with E-state index in [0.29, 0.717) is 12.3 Å². The number of carbonyl (C=O) groups excluding carboxylic acids is 1. The van der Waals surface area contributed by atoms with Crippen molar-refractivity contribution in [3.05, 3.63) is 0 Å². The summed E-state index contributed by atoms with van der Waals surface area (Å²) in [5.74, 6) is 0.339. The third-order valence-electron chi connectivity index (χ3n) is 4.58. The monoisotopic (exact) mass is 338 g/mol. The van der Waals surface area contributed by atoms with E-state index in [1.54, 1.807) is 0 Å². The predicted molar refractivity (Wildman–Crippen MR) is 89.6 cm³/mol. The molecule has 3 fully saturated rings. The lowest BCUT2D eigenvalue weighted by atomic mass is 10.2. The van der Waals surface area contributed by atoms with Crippen LogP contribution in [0.5, 0.6) is 0 Å². The fourth-order valence-electron chi connectivity index (χ4n) is 3.12. The molecule has 0 aromatic heterocycles. The van der Waals surface area contributed by atoms with Crippen LogP contribution < -0.4 is 5.32 Å². The van der Waals surface area contributed by atoms with E-state index in [1.165, 1.54) is 25.9 Å². The van der Waals surface area contributed by atoms with E-state index in [9.17, 15) is 4.79 Å². The molecule has 2 saturated heterocycles. The second-order valence-electron chi connectivity index (χ2n) is 5.99. The molecule has 21 heavy (non-hydrogen) atoms. The zero-order valence-corrected chi connectivity index (χ0v) is 14.3. The third kappa shape index (κ3) is 5.57. The molecule has 5 nitrogen and oxygen atoms in total. The van der Waals surface area contributed by atoms with Gasteiger partial charge in [-0.1, -0.05) is 0 Å². The number of amides is 1. The average Bonchev–Trinajstić information content (AvgIpc) is 3.31. The van der Waals surface area contributed by atoms with Gasteiger partial charge in [-0.15, -0.1) is 24.8 Å². The van der Waals surface area contributed by atoms with Gasteiger partial charge in [-0.3, -0.25) is 9.69 Å². The number of hydrogen-bond acceptors (Lipinski definition) is 4. The number of halogens is 2. The fourth-order valence-corrected chi connectivity index (χ4v) is 3.12. The van der Waals surface area contributed by atoms with Crippen LogP contribution in [0.25, 0.3) is 0 Å². The van der Waals surface area contributed by atoms with Gasteiger partial charge in [-0.2, -0.15) is 0 Å². The van der Waals surface area contributed by atoms with Crippen LogP contribution >= 0.6 is 24.8 Å². The average molecular weight is 339 g/mol. The molecule has 1 saturated carbocycles. The van der Waals surface area contributed by atoms with Crippen LogP contribution in [0.1, 0.15) is 19.3 Å². The van der Waals surface area contributed by atoms with E-state index in [2.05, 4.69) is 15.1 Å². The normalized spacial score (nSPS) is 24.1. The summed E-state index contributed by atoms with van der Waals surface area (Å²) in [7, 11) is 0. The topological polar surface area (TPSA) is 38.8 Å². The number of nitrogens with zero attached hydrogens (tertiary/aromatic N) is 3. The quantitative estimate of drug-likeness (QED) is 0.806. The standard InChI is InChI=1S/C14H26N4O.2ClH/c19-14(18-7-4-15-5-8-18)3-6-16-9-11-17(12-10-16)13-1-2-13;;/h13,15H,1-12H2;2*1H. The molecular weight excluding hydrogens is 311 g/mol. The maximum atomic E-state index is 12.1. The van der Waals surface area contributed by atoms with Crippen LogP contribution in [0.15, 0.2) is 0 Å². The molecule has 0 unspecified atom stereocenters. The van der Waals surface area contributed by atoms with Crippen molar-refractivity contribution in [3.8, 4) is 0 Å². The summed E-state index contributed by atoms with van der Waals surface area (Å²) in [5.41, 5.74) is 0. The summed E-state index contributed by atoms with van der Waals surface area (Å²) in [6, 6.07) is 0.893. The van der Waals surface area contributed by atoms with Crippen LogP contribution in [-0.2, 0) is 4.79 Å². The smallest absolute Gasteiger partial charge is 0.223 e. The predicted octanol–water partition coefficient (Wildman–Crippen LogP) is 0.432. The van der Waals surface area contributed by atoms with Gasteiger partial charge in [0.2, 0.25) is 5.91 Å². The minimum atomic E-state index is 0. The lowest BCUT2D eigenvalue weighted by Gasteiger charge is -2.35. The Bertz CT molecular complexity index is 314. The molecule has 0 aromatic rings. The van der Waals surface area contributed by atoms with Crippen molar-refractivity contribution in [2.24, 2.45) is 0 Å². The molecule has 3 rings (SSSR count). The van der Waals surface area contributed by atoms with Crippen LogP contribution in [0.2, 0.25) is 0 Å². The molecule has 0 bridgehead atoms. The molecule has 0 spiro atoms. The Morgan fingerprint density at radius 2 is 1.57 bits per heavy atom. The van der Waals surface area contributed by atoms with Crippen LogP contribution in [0, 0.1) is 0 Å². The van der Waals surface area contributed by atoms with Gasteiger partial charge in [0, 0.05) is 71.4 Å². The van der Waals surface area contributed by atoms with Crippen molar-refractivity contribution in [1.29, 1.82) is 0 Å². The Morgan fingerprint density at radius 1 is 0.952 bits per heavy atom. The van der Waals surface area contributed by atoms with E-state index < -0.39 is 0 Å². The van der Waals surface area contributed by atoms with Gasteiger partial charge in [-0.25, -0.2) is 0 Å². The van der Waals surface area contributed by atoms with Crippen molar-refractivity contribution in [2.45, 2.75) is 25.3 Å². The molecule has 0 atom stereocenters. The number of carbonyl (C=O) groups is 1. The number of hydrogen-bond donors (Lipinski definition) is 1. The lowest BCUT2D eigenvalue weighted by molar-refractivity contribution is -0.132. The van der Waals surface area contributed by atoms with Gasteiger partial charge >= 0.3 is 0 Å². The van der Waals surface area contributed by atoms with E-state index in [4.69, 9.17) is 0 Å². The van der Waals surface area contributed by atoms with Gasteiger partial charge in [0.1, 0.15) is 0 Å². The van der Waals surface area contributed by atoms with Gasteiger partial charge < -0.3 is 15.1 Å². The number of piperazine rings is 2. The molecule has 0 radical (unpaired) electrons. The highest BCUT2D eigenvalue weighted by atomic mass is 35.5. The second-order valence-corrected chi connectivity index (χ2v) is 5.99. The minimum Gasteiger partial charge on any atom is -0.340 e. The second kappa shape index (κ2) is 9.16. The molecule has 7 heteroatoms. The maximum Gasteiger partial charge on any atom is 0.223 e. The number of rotatable bonds is 4. The van der Waals surface area contributed by atoms with E-state index in [0.717, 1.165) is 51.9 Å². The van der Waals surface area contributed by atoms with Gasteiger partial charge in [-0.05, 0) is 12.8 Å². The van der Waals surface area contributed by atoms with E-state index >= 15 is 0 Å². The largest absolute Gasteiger partial charge is 0.340 e. The molecule has 1 amide bonds. The molecule has 3 aliphatic rings. The highest BCUT2D eigenvalue weighted by molar-refractivity contribution is 5.85. The molecule has 2 heterocycles. The minimum absolute atomic E-state index is 0. The summed E-state index contributed by atoms with van der Waals surface area (Å²) >= 11 is 0. The summed E-state index contributed by atoms with van der Waals surface area (Å²) in [5, 5.41) is 3.29. The summed E-state index contributed by atoms with van der Waals surface area (Å²) in [6.07, 6.45) is 3.51. The van der Waals surface area contributed by atoms with Gasteiger partial charge in [0.25, 0.3) is 0 Å². The maximum absolute atomic E-state index is 12.1. The zero-order valence-electron chi connectivity index (χ0n) is 12.6. The summed E-state index contributed by atoms with van der Waals surface area (Å²) < 4.78 is 0. The molecule has 124 valence electrons. The Labute approximate surface area is 140 Å². The fraction of sp³-hybridized carbons (Fsp3) is 0.929. The molecule has 1 N–H and O–H groups in total. The first-order chi connectivity index (χ1) is 9.33. The molecule has 0 aromatic carbocycles. The van der Waals surface area contributed by atoms with Crippen LogP contribution in [0.4, 0.5) is 0 Å². The molecule has 2 aliphatic heterocycles. The highest BCUT2D eigenvalue weighted by Gasteiger charge is 2.31. The van der Waals surface area contributed by atoms with Crippen LogP contribution in [0.3, 0.4) is 0 Å². The lowest BCUT2D eigenvalue weighted by Crippen LogP contribution is -2.49. The SMILES string of the molecule is Cl.Cl.O=C(CCN1CCN(C2CC2)CC1)N1CCNCC1. The van der Waals surface area contributed by atoms with Gasteiger partial charge in [0.15, 0.2) is 0 Å². The zero-order chi connectivity index (χ0) is 13.1. The van der Waals surface area contributed by atoms with E-state index in [1.807, 2.05) is 4.90 Å². The Balaban J connectivity index is 0.00000110. The summed E-state index contributed by atoms with van der Waals surface area (Å²) in [6.45, 7) is 9.30.